The fourth-order valence-electron chi connectivity index (χ4n) is 2.59. The van der Waals surface area contributed by atoms with E-state index < -0.39 is 17.8 Å². The van der Waals surface area contributed by atoms with Gasteiger partial charge in [0, 0.05) is 5.02 Å². The number of benzene rings is 2. The number of hydrogen-bond acceptors (Lipinski definition) is 5. The van der Waals surface area contributed by atoms with Gasteiger partial charge in [0.15, 0.2) is 11.5 Å². The first-order valence-electron chi connectivity index (χ1n) is 8.14. The van der Waals surface area contributed by atoms with Gasteiger partial charge in [-0.25, -0.2) is 9.69 Å². The van der Waals surface area contributed by atoms with Crippen LogP contribution in [0.1, 0.15) is 12.5 Å². The van der Waals surface area contributed by atoms with Crippen LogP contribution in [-0.2, 0) is 9.59 Å². The predicted molar refractivity (Wildman–Crippen MR) is 107 cm³/mol. The molecular formula is C19H14BrClN2O5. The first-order valence-corrected chi connectivity index (χ1v) is 9.31. The third-order valence-electron chi connectivity index (χ3n) is 3.85. The van der Waals surface area contributed by atoms with Gasteiger partial charge in [-0.1, -0.05) is 11.6 Å². The van der Waals surface area contributed by atoms with Gasteiger partial charge < -0.3 is 9.84 Å². The third kappa shape index (κ3) is 3.88. The van der Waals surface area contributed by atoms with Crippen molar-refractivity contribution < 1.29 is 24.2 Å². The number of nitrogens with one attached hydrogen (secondary N) is 1. The molecule has 0 aliphatic carbocycles. The van der Waals surface area contributed by atoms with Gasteiger partial charge in [-0.3, -0.25) is 14.9 Å². The second-order valence-electron chi connectivity index (χ2n) is 5.72. The summed E-state index contributed by atoms with van der Waals surface area (Å²) in [6.07, 6.45) is 1.32. The lowest BCUT2D eigenvalue weighted by Gasteiger charge is -2.26. The molecule has 1 heterocycles. The Morgan fingerprint density at radius 3 is 2.54 bits per heavy atom. The van der Waals surface area contributed by atoms with Crippen molar-refractivity contribution in [2.45, 2.75) is 6.92 Å². The number of hydrogen-bond donors (Lipinski definition) is 2. The summed E-state index contributed by atoms with van der Waals surface area (Å²) in [5.74, 6) is -1.50. The van der Waals surface area contributed by atoms with Crippen LogP contribution in [-0.4, -0.2) is 29.6 Å². The maximum Gasteiger partial charge on any atom is 0.335 e. The molecule has 28 heavy (non-hydrogen) atoms. The molecule has 0 bridgehead atoms. The molecular weight excluding hydrogens is 452 g/mol. The van der Waals surface area contributed by atoms with E-state index in [2.05, 4.69) is 21.2 Å². The summed E-state index contributed by atoms with van der Waals surface area (Å²) in [5, 5.41) is 12.6. The molecule has 2 aromatic carbocycles. The highest BCUT2D eigenvalue weighted by Gasteiger charge is 2.36. The predicted octanol–water partition coefficient (Wildman–Crippen LogP) is 3.87. The fraction of sp³-hybridized carbons (Fsp3) is 0.105. The van der Waals surface area contributed by atoms with Gasteiger partial charge in [0.25, 0.3) is 11.8 Å². The number of ether oxygens (including phenoxy) is 1. The zero-order valence-corrected chi connectivity index (χ0v) is 16.9. The molecule has 4 amide bonds. The Labute approximate surface area is 173 Å². The fourth-order valence-corrected chi connectivity index (χ4v) is 3.18. The van der Waals surface area contributed by atoms with E-state index in [1.54, 1.807) is 6.92 Å². The number of aromatic hydroxyl groups is 1. The van der Waals surface area contributed by atoms with Crippen molar-refractivity contribution >= 4 is 57.1 Å². The van der Waals surface area contributed by atoms with Gasteiger partial charge in [0.05, 0.1) is 16.8 Å². The molecule has 3 rings (SSSR count). The number of imide groups is 2. The number of phenolic OH excluding ortho intramolecular Hbond substituents is 1. The van der Waals surface area contributed by atoms with Crippen LogP contribution < -0.4 is 15.0 Å². The van der Waals surface area contributed by atoms with E-state index in [0.717, 1.165) is 4.90 Å². The standard InChI is InChI=1S/C19H14BrClN2O5/c1-2-28-15-9-10(8-14(20)16(15)24)7-13-17(25)22-19(27)23(18(13)26)12-5-3-11(21)4-6-12/h3-9,24H,2H2,1H3,(H,22,25,27)/b13-7-. The number of barbiturate groups is 1. The number of carbonyl (C=O) groups excluding carboxylic acids is 3. The highest BCUT2D eigenvalue weighted by molar-refractivity contribution is 9.10. The molecule has 2 N–H and O–H groups in total. The minimum atomic E-state index is -0.851. The number of nitrogens with zero attached hydrogens (tertiary/aromatic N) is 1. The zero-order chi connectivity index (χ0) is 20.4. The van der Waals surface area contributed by atoms with Crippen molar-refractivity contribution in [3.05, 3.63) is 57.0 Å². The van der Waals surface area contributed by atoms with E-state index in [0.29, 0.717) is 21.7 Å². The topological polar surface area (TPSA) is 95.9 Å². The third-order valence-corrected chi connectivity index (χ3v) is 4.70. The minimum Gasteiger partial charge on any atom is -0.503 e. The molecule has 144 valence electrons. The number of amides is 4. The van der Waals surface area contributed by atoms with Crippen LogP contribution in [0, 0.1) is 0 Å². The van der Waals surface area contributed by atoms with Crippen LogP contribution in [0.15, 0.2) is 46.4 Å². The molecule has 0 spiro atoms. The quantitative estimate of drug-likeness (QED) is 0.528. The number of rotatable bonds is 4. The Morgan fingerprint density at radius 2 is 1.89 bits per heavy atom. The summed E-state index contributed by atoms with van der Waals surface area (Å²) < 4.78 is 5.68. The molecule has 1 saturated heterocycles. The van der Waals surface area contributed by atoms with Gasteiger partial charge in [-0.2, -0.15) is 0 Å². The lowest BCUT2D eigenvalue weighted by molar-refractivity contribution is -0.122. The molecule has 9 heteroatoms. The largest absolute Gasteiger partial charge is 0.503 e. The zero-order valence-electron chi connectivity index (χ0n) is 14.5. The monoisotopic (exact) mass is 464 g/mol. The van der Waals surface area contributed by atoms with E-state index in [1.807, 2.05) is 0 Å². The molecule has 1 aliphatic rings. The number of carbonyl (C=O) groups is 3. The summed E-state index contributed by atoms with van der Waals surface area (Å²) in [6, 6.07) is 8.21. The van der Waals surface area contributed by atoms with Crippen LogP contribution in [0.25, 0.3) is 6.08 Å². The van der Waals surface area contributed by atoms with Crippen molar-refractivity contribution in [1.82, 2.24) is 5.32 Å². The van der Waals surface area contributed by atoms with Crippen molar-refractivity contribution in [2.75, 3.05) is 11.5 Å². The van der Waals surface area contributed by atoms with Gasteiger partial charge in [-0.15, -0.1) is 0 Å². The molecule has 0 atom stereocenters. The van der Waals surface area contributed by atoms with Gasteiger partial charge in [0.2, 0.25) is 0 Å². The summed E-state index contributed by atoms with van der Waals surface area (Å²) in [6.45, 7) is 2.07. The van der Waals surface area contributed by atoms with E-state index in [-0.39, 0.29) is 22.8 Å². The smallest absolute Gasteiger partial charge is 0.335 e. The molecule has 2 aromatic rings. The lowest BCUT2D eigenvalue weighted by atomic mass is 10.1. The normalized spacial score (nSPS) is 15.8. The SMILES string of the molecule is CCOc1cc(/C=C2/C(=O)NC(=O)N(c3ccc(Cl)cc3)C2=O)cc(Br)c1O. The van der Waals surface area contributed by atoms with E-state index in [9.17, 15) is 19.5 Å². The number of urea groups is 1. The molecule has 1 aliphatic heterocycles. The maximum absolute atomic E-state index is 12.8. The summed E-state index contributed by atoms with van der Waals surface area (Å²) in [4.78, 5) is 38.1. The molecule has 0 saturated carbocycles. The van der Waals surface area contributed by atoms with Crippen LogP contribution in [0.3, 0.4) is 0 Å². The Bertz CT molecular complexity index is 1000. The minimum absolute atomic E-state index is 0.0959. The highest BCUT2D eigenvalue weighted by atomic mass is 79.9. The Morgan fingerprint density at radius 1 is 1.21 bits per heavy atom. The first-order chi connectivity index (χ1) is 13.3. The van der Waals surface area contributed by atoms with Crippen molar-refractivity contribution in [2.24, 2.45) is 0 Å². The summed E-state index contributed by atoms with van der Waals surface area (Å²) in [7, 11) is 0. The second-order valence-corrected chi connectivity index (χ2v) is 7.01. The molecule has 1 fully saturated rings. The Balaban J connectivity index is 2.03. The first kappa shape index (κ1) is 19.9. The molecule has 0 unspecified atom stereocenters. The molecule has 0 aromatic heterocycles. The summed E-state index contributed by atoms with van der Waals surface area (Å²) in [5.41, 5.74) is 0.457. The van der Waals surface area contributed by atoms with E-state index in [1.165, 1.54) is 42.5 Å². The molecule has 7 nitrogen and oxygen atoms in total. The van der Waals surface area contributed by atoms with Crippen LogP contribution in [0.4, 0.5) is 10.5 Å². The van der Waals surface area contributed by atoms with Crippen molar-refractivity contribution in [3.8, 4) is 11.5 Å². The van der Waals surface area contributed by atoms with E-state index >= 15 is 0 Å². The number of phenols is 1. The van der Waals surface area contributed by atoms with Crippen LogP contribution in [0.2, 0.25) is 5.02 Å². The Hall–Kier alpha value is -2.84. The average molecular weight is 466 g/mol. The van der Waals surface area contributed by atoms with Crippen LogP contribution >= 0.6 is 27.5 Å². The Kier molecular flexibility index (Phi) is 5.71. The van der Waals surface area contributed by atoms with Crippen molar-refractivity contribution in [3.63, 3.8) is 0 Å². The second kappa shape index (κ2) is 8.04. The number of halogens is 2. The highest BCUT2D eigenvalue weighted by Crippen LogP contribution is 2.36. The van der Waals surface area contributed by atoms with Crippen LogP contribution in [0.5, 0.6) is 11.5 Å². The lowest BCUT2D eigenvalue weighted by Crippen LogP contribution is -2.54. The van der Waals surface area contributed by atoms with Gasteiger partial charge in [0.1, 0.15) is 5.57 Å². The van der Waals surface area contributed by atoms with Gasteiger partial charge in [-0.05, 0) is 70.9 Å². The summed E-state index contributed by atoms with van der Waals surface area (Å²) >= 11 is 9.05. The van der Waals surface area contributed by atoms with Crippen molar-refractivity contribution in [1.29, 1.82) is 0 Å². The maximum atomic E-state index is 12.8. The average Bonchev–Trinajstić information content (AvgIpc) is 2.64. The number of anilines is 1. The molecule has 0 radical (unpaired) electrons. The van der Waals surface area contributed by atoms with Gasteiger partial charge >= 0.3 is 6.03 Å². The van der Waals surface area contributed by atoms with E-state index in [4.69, 9.17) is 16.3 Å².